The lowest BCUT2D eigenvalue weighted by molar-refractivity contribution is -0.123. The van der Waals surface area contributed by atoms with Crippen molar-refractivity contribution < 1.29 is 9.90 Å². The Morgan fingerprint density at radius 3 is 2.55 bits per heavy atom. The maximum absolute atomic E-state index is 11.9. The number of benzene rings is 1. The summed E-state index contributed by atoms with van der Waals surface area (Å²) in [6, 6.07) is 9.04. The number of carbonyl (C=O) groups is 1. The Morgan fingerprint density at radius 1 is 1.40 bits per heavy atom. The average Bonchev–Trinajstić information content (AvgIpc) is 2.35. The van der Waals surface area contributed by atoms with Gasteiger partial charge in [-0.15, -0.1) is 0 Å². The van der Waals surface area contributed by atoms with Crippen molar-refractivity contribution in [2.75, 3.05) is 27.2 Å². The van der Waals surface area contributed by atoms with Gasteiger partial charge in [-0.25, -0.2) is 0 Å². The van der Waals surface area contributed by atoms with E-state index < -0.39 is 11.6 Å². The molecule has 1 rings (SSSR count). The van der Waals surface area contributed by atoms with E-state index in [4.69, 9.17) is 5.73 Å². The number of likely N-dealkylation sites (N-methyl/N-ethyl adjacent to an activating group) is 1. The molecule has 1 amide bonds. The highest BCUT2D eigenvalue weighted by Gasteiger charge is 2.23. The lowest BCUT2D eigenvalue weighted by Crippen LogP contribution is -2.51. The molecule has 4 N–H and O–H groups in total. The van der Waals surface area contributed by atoms with Gasteiger partial charge in [0.25, 0.3) is 0 Å². The maximum atomic E-state index is 11.9. The van der Waals surface area contributed by atoms with Gasteiger partial charge < -0.3 is 21.1 Å². The van der Waals surface area contributed by atoms with Crippen LogP contribution < -0.4 is 11.1 Å². The van der Waals surface area contributed by atoms with Gasteiger partial charge in [0.2, 0.25) is 5.91 Å². The number of aliphatic hydroxyl groups is 1. The zero-order valence-electron chi connectivity index (χ0n) is 12.5. The molecule has 112 valence electrons. The molecule has 5 heteroatoms. The zero-order valence-corrected chi connectivity index (χ0v) is 12.5. The van der Waals surface area contributed by atoms with Crippen LogP contribution in [0.1, 0.15) is 12.5 Å². The number of nitrogens with one attached hydrogen (secondary N) is 1. The summed E-state index contributed by atoms with van der Waals surface area (Å²) in [5.74, 6) is -0.243. The van der Waals surface area contributed by atoms with Crippen LogP contribution >= 0.6 is 0 Å². The van der Waals surface area contributed by atoms with Crippen molar-refractivity contribution in [2.45, 2.75) is 25.0 Å². The molecule has 0 aliphatic carbocycles. The molecule has 1 unspecified atom stereocenters. The molecule has 0 aromatic heterocycles. The molecule has 0 radical (unpaired) electrons. The van der Waals surface area contributed by atoms with Gasteiger partial charge in [-0.1, -0.05) is 30.3 Å². The highest BCUT2D eigenvalue weighted by atomic mass is 16.3. The van der Waals surface area contributed by atoms with E-state index in [1.807, 2.05) is 49.3 Å². The van der Waals surface area contributed by atoms with Crippen LogP contribution in [0, 0.1) is 0 Å². The van der Waals surface area contributed by atoms with Gasteiger partial charge in [0.1, 0.15) is 0 Å². The number of hydrogen-bond donors (Lipinski definition) is 3. The number of nitrogens with zero attached hydrogens (tertiary/aromatic N) is 1. The Hall–Kier alpha value is -1.43. The number of rotatable bonds is 7. The number of carbonyl (C=O) groups excluding carboxylic acids is 1. The second-order valence-corrected chi connectivity index (χ2v) is 5.75. The van der Waals surface area contributed by atoms with Crippen LogP contribution in [-0.2, 0) is 11.2 Å². The van der Waals surface area contributed by atoms with E-state index in [0.29, 0.717) is 13.0 Å². The van der Waals surface area contributed by atoms with Crippen molar-refractivity contribution in [3.63, 3.8) is 0 Å². The van der Waals surface area contributed by atoms with Gasteiger partial charge in [-0.2, -0.15) is 0 Å². The van der Waals surface area contributed by atoms with E-state index in [9.17, 15) is 9.90 Å². The molecule has 0 bridgehead atoms. The van der Waals surface area contributed by atoms with Crippen molar-refractivity contribution in [1.29, 1.82) is 0 Å². The highest BCUT2D eigenvalue weighted by molar-refractivity contribution is 5.81. The van der Waals surface area contributed by atoms with Crippen LogP contribution in [0.3, 0.4) is 0 Å². The Morgan fingerprint density at radius 2 is 2.00 bits per heavy atom. The van der Waals surface area contributed by atoms with Gasteiger partial charge in [-0.05, 0) is 33.0 Å². The molecular formula is C15H25N3O2. The summed E-state index contributed by atoms with van der Waals surface area (Å²) in [6.07, 6.45) is 0.489. The first-order valence-electron chi connectivity index (χ1n) is 6.74. The van der Waals surface area contributed by atoms with Gasteiger partial charge in [0.15, 0.2) is 0 Å². The molecule has 2 atom stereocenters. The minimum absolute atomic E-state index is 0.187. The topological polar surface area (TPSA) is 78.6 Å². The summed E-state index contributed by atoms with van der Waals surface area (Å²) >= 11 is 0. The fraction of sp³-hybridized carbons (Fsp3) is 0.533. The molecular weight excluding hydrogens is 254 g/mol. The van der Waals surface area contributed by atoms with E-state index in [1.165, 1.54) is 0 Å². The van der Waals surface area contributed by atoms with Crippen LogP contribution in [0.15, 0.2) is 30.3 Å². The molecule has 5 nitrogen and oxygen atoms in total. The number of hydrogen-bond acceptors (Lipinski definition) is 4. The predicted octanol–water partition coefficient (Wildman–Crippen LogP) is -0.0148. The van der Waals surface area contributed by atoms with Gasteiger partial charge in [0, 0.05) is 13.1 Å². The van der Waals surface area contributed by atoms with Gasteiger partial charge in [-0.3, -0.25) is 4.79 Å². The van der Waals surface area contributed by atoms with Crippen molar-refractivity contribution in [1.82, 2.24) is 10.2 Å². The Balaban J connectivity index is 2.42. The molecule has 1 aromatic rings. The van der Waals surface area contributed by atoms with Crippen molar-refractivity contribution in [3.8, 4) is 0 Å². The third-order valence-electron chi connectivity index (χ3n) is 2.94. The first-order chi connectivity index (χ1) is 9.30. The van der Waals surface area contributed by atoms with Gasteiger partial charge >= 0.3 is 0 Å². The smallest absolute Gasteiger partial charge is 0.237 e. The Bertz CT molecular complexity index is 418. The van der Waals surface area contributed by atoms with E-state index in [-0.39, 0.29) is 12.5 Å². The predicted molar refractivity (Wildman–Crippen MR) is 80.3 cm³/mol. The lowest BCUT2D eigenvalue weighted by atomic mass is 10.0. The van der Waals surface area contributed by atoms with E-state index in [2.05, 4.69) is 5.32 Å². The number of amides is 1. The third kappa shape index (κ3) is 6.14. The van der Waals surface area contributed by atoms with Crippen LogP contribution in [0.25, 0.3) is 0 Å². The van der Waals surface area contributed by atoms with E-state index in [0.717, 1.165) is 5.56 Å². The molecule has 20 heavy (non-hydrogen) atoms. The standard InChI is InChI=1S/C15H25N3O2/c1-15(20,11-18(2)3)10-17-14(19)13(16)9-12-7-5-4-6-8-12/h4-8,13,20H,9-11,16H2,1-3H3,(H,17,19)/t13-,15?/m1/s1. The van der Waals surface area contributed by atoms with Crippen LogP contribution in [0.5, 0.6) is 0 Å². The Kier molecular flexibility index (Phi) is 6.13. The van der Waals surface area contributed by atoms with E-state index in [1.54, 1.807) is 6.92 Å². The third-order valence-corrected chi connectivity index (χ3v) is 2.94. The summed E-state index contributed by atoms with van der Waals surface area (Å²) in [4.78, 5) is 13.8. The largest absolute Gasteiger partial charge is 0.387 e. The first kappa shape index (κ1) is 16.6. The summed E-state index contributed by atoms with van der Waals surface area (Å²) in [5.41, 5.74) is 5.93. The van der Waals surface area contributed by atoms with Crippen molar-refractivity contribution >= 4 is 5.91 Å². The molecule has 0 saturated carbocycles. The second-order valence-electron chi connectivity index (χ2n) is 5.75. The zero-order chi connectivity index (χ0) is 15.2. The molecule has 0 spiro atoms. The first-order valence-corrected chi connectivity index (χ1v) is 6.74. The summed E-state index contributed by atoms with van der Waals surface area (Å²) in [7, 11) is 3.74. The lowest BCUT2D eigenvalue weighted by Gasteiger charge is -2.27. The maximum Gasteiger partial charge on any atom is 0.237 e. The molecule has 0 heterocycles. The quantitative estimate of drug-likeness (QED) is 0.656. The van der Waals surface area contributed by atoms with Crippen LogP contribution in [0.2, 0.25) is 0 Å². The van der Waals surface area contributed by atoms with Crippen molar-refractivity contribution in [2.24, 2.45) is 5.73 Å². The summed E-state index contributed by atoms with van der Waals surface area (Å²) < 4.78 is 0. The molecule has 0 aliphatic heterocycles. The minimum Gasteiger partial charge on any atom is -0.387 e. The molecule has 0 saturated heterocycles. The van der Waals surface area contributed by atoms with Crippen molar-refractivity contribution in [3.05, 3.63) is 35.9 Å². The fourth-order valence-electron chi connectivity index (χ4n) is 2.11. The monoisotopic (exact) mass is 279 g/mol. The normalized spacial score (nSPS) is 15.7. The fourth-order valence-corrected chi connectivity index (χ4v) is 2.11. The van der Waals surface area contributed by atoms with Crippen LogP contribution in [0.4, 0.5) is 0 Å². The average molecular weight is 279 g/mol. The molecule has 1 aromatic carbocycles. The molecule has 0 fully saturated rings. The molecule has 0 aliphatic rings. The highest BCUT2D eigenvalue weighted by Crippen LogP contribution is 2.04. The second kappa shape index (κ2) is 7.38. The summed E-state index contributed by atoms with van der Waals surface area (Å²) in [6.45, 7) is 2.35. The minimum atomic E-state index is -0.967. The summed E-state index contributed by atoms with van der Waals surface area (Å²) in [5, 5.41) is 12.8. The van der Waals surface area contributed by atoms with Crippen LogP contribution in [-0.4, -0.2) is 54.7 Å². The van der Waals surface area contributed by atoms with E-state index >= 15 is 0 Å². The van der Waals surface area contributed by atoms with Gasteiger partial charge in [0.05, 0.1) is 11.6 Å². The number of nitrogens with two attached hydrogens (primary N) is 1. The SMILES string of the molecule is CN(C)CC(C)(O)CNC(=O)[C@H](N)Cc1ccccc1. The Labute approximate surface area is 120 Å².